The van der Waals surface area contributed by atoms with Gasteiger partial charge in [-0.25, -0.2) is 4.79 Å². The Bertz CT molecular complexity index is 467. The summed E-state index contributed by atoms with van der Waals surface area (Å²) in [4.78, 5) is 25.1. The SMILES string of the molecule is COC(=O)c1ccc(CN2CCC(=O)C(C)C2)cc1. The molecule has 1 aliphatic heterocycles. The van der Waals surface area contributed by atoms with Gasteiger partial charge in [-0.15, -0.1) is 0 Å². The second-order valence-corrected chi connectivity index (χ2v) is 5.04. The Morgan fingerprint density at radius 2 is 2.05 bits per heavy atom. The molecule has 0 radical (unpaired) electrons. The molecule has 0 aliphatic carbocycles. The second-order valence-electron chi connectivity index (χ2n) is 5.04. The zero-order chi connectivity index (χ0) is 13.8. The van der Waals surface area contributed by atoms with Gasteiger partial charge >= 0.3 is 5.97 Å². The van der Waals surface area contributed by atoms with Crippen LogP contribution in [0.5, 0.6) is 0 Å². The number of ketones is 1. The molecule has 19 heavy (non-hydrogen) atoms. The minimum Gasteiger partial charge on any atom is -0.465 e. The molecule has 1 fully saturated rings. The summed E-state index contributed by atoms with van der Waals surface area (Å²) >= 11 is 0. The van der Waals surface area contributed by atoms with E-state index < -0.39 is 0 Å². The van der Waals surface area contributed by atoms with Crippen molar-refractivity contribution in [2.24, 2.45) is 5.92 Å². The highest BCUT2D eigenvalue weighted by molar-refractivity contribution is 5.89. The maximum Gasteiger partial charge on any atom is 0.337 e. The lowest BCUT2D eigenvalue weighted by molar-refractivity contribution is -0.125. The summed E-state index contributed by atoms with van der Waals surface area (Å²) in [6.45, 7) is 4.44. The van der Waals surface area contributed by atoms with Crippen molar-refractivity contribution >= 4 is 11.8 Å². The van der Waals surface area contributed by atoms with Gasteiger partial charge in [-0.1, -0.05) is 19.1 Å². The van der Waals surface area contributed by atoms with Crippen LogP contribution < -0.4 is 0 Å². The topological polar surface area (TPSA) is 46.6 Å². The Morgan fingerprint density at radius 1 is 1.37 bits per heavy atom. The largest absolute Gasteiger partial charge is 0.465 e. The van der Waals surface area contributed by atoms with E-state index in [1.165, 1.54) is 7.11 Å². The van der Waals surface area contributed by atoms with Gasteiger partial charge in [0.05, 0.1) is 12.7 Å². The van der Waals surface area contributed by atoms with Crippen LogP contribution in [0.15, 0.2) is 24.3 Å². The lowest BCUT2D eigenvalue weighted by Crippen LogP contribution is -2.38. The van der Waals surface area contributed by atoms with E-state index in [0.29, 0.717) is 17.8 Å². The number of ether oxygens (including phenoxy) is 1. The first kappa shape index (κ1) is 13.7. The molecule has 0 amide bonds. The minimum atomic E-state index is -0.316. The van der Waals surface area contributed by atoms with Crippen molar-refractivity contribution in [3.63, 3.8) is 0 Å². The van der Waals surface area contributed by atoms with Crippen LogP contribution in [0, 0.1) is 5.92 Å². The van der Waals surface area contributed by atoms with E-state index >= 15 is 0 Å². The number of benzene rings is 1. The first-order valence-corrected chi connectivity index (χ1v) is 6.52. The number of carbonyl (C=O) groups is 2. The lowest BCUT2D eigenvalue weighted by Gasteiger charge is -2.29. The maximum absolute atomic E-state index is 11.5. The van der Waals surface area contributed by atoms with Crippen LogP contribution in [0.1, 0.15) is 29.3 Å². The molecule has 1 atom stereocenters. The molecule has 1 heterocycles. The van der Waals surface area contributed by atoms with Gasteiger partial charge in [-0.3, -0.25) is 9.69 Å². The van der Waals surface area contributed by atoms with Crippen molar-refractivity contribution in [3.8, 4) is 0 Å². The monoisotopic (exact) mass is 261 g/mol. The summed E-state index contributed by atoms with van der Waals surface area (Å²) in [6, 6.07) is 7.43. The van der Waals surface area contributed by atoms with E-state index in [9.17, 15) is 9.59 Å². The third kappa shape index (κ3) is 3.41. The highest BCUT2D eigenvalue weighted by Crippen LogP contribution is 2.16. The van der Waals surface area contributed by atoms with E-state index in [0.717, 1.165) is 25.2 Å². The molecule has 4 heteroatoms. The molecule has 4 nitrogen and oxygen atoms in total. The Labute approximate surface area is 113 Å². The van der Waals surface area contributed by atoms with Crippen molar-refractivity contribution < 1.29 is 14.3 Å². The Hall–Kier alpha value is -1.68. The van der Waals surface area contributed by atoms with Crippen LogP contribution in [0.3, 0.4) is 0 Å². The molecule has 1 saturated heterocycles. The average molecular weight is 261 g/mol. The zero-order valence-electron chi connectivity index (χ0n) is 11.4. The van der Waals surface area contributed by atoms with Crippen LogP contribution in [-0.2, 0) is 16.1 Å². The number of rotatable bonds is 3. The van der Waals surface area contributed by atoms with Gasteiger partial charge in [0.25, 0.3) is 0 Å². The number of piperidine rings is 1. The van der Waals surface area contributed by atoms with Gasteiger partial charge in [0.2, 0.25) is 0 Å². The number of hydrogen-bond acceptors (Lipinski definition) is 4. The van der Waals surface area contributed by atoms with Crippen molar-refractivity contribution in [2.75, 3.05) is 20.2 Å². The van der Waals surface area contributed by atoms with Gasteiger partial charge in [0, 0.05) is 32.0 Å². The predicted molar refractivity (Wildman–Crippen MR) is 71.8 cm³/mol. The molecule has 0 bridgehead atoms. The number of nitrogens with zero attached hydrogens (tertiary/aromatic N) is 1. The number of hydrogen-bond donors (Lipinski definition) is 0. The van der Waals surface area contributed by atoms with Gasteiger partial charge in [0.1, 0.15) is 5.78 Å². The molecule has 2 rings (SSSR count). The predicted octanol–water partition coefficient (Wildman–Crippen LogP) is 1.88. The third-order valence-corrected chi connectivity index (χ3v) is 3.54. The summed E-state index contributed by atoms with van der Waals surface area (Å²) in [6.07, 6.45) is 0.640. The maximum atomic E-state index is 11.5. The average Bonchev–Trinajstić information content (AvgIpc) is 2.43. The van der Waals surface area contributed by atoms with Crippen molar-refractivity contribution in [3.05, 3.63) is 35.4 Å². The van der Waals surface area contributed by atoms with E-state index in [4.69, 9.17) is 0 Å². The van der Waals surface area contributed by atoms with E-state index in [-0.39, 0.29) is 11.9 Å². The fourth-order valence-corrected chi connectivity index (χ4v) is 2.36. The summed E-state index contributed by atoms with van der Waals surface area (Å²) < 4.78 is 4.67. The molecule has 1 aromatic rings. The molecule has 0 N–H and O–H groups in total. The molecule has 102 valence electrons. The first-order chi connectivity index (χ1) is 9.10. The fourth-order valence-electron chi connectivity index (χ4n) is 2.36. The summed E-state index contributed by atoms with van der Waals surface area (Å²) in [5.74, 6) is 0.170. The third-order valence-electron chi connectivity index (χ3n) is 3.54. The normalized spacial score (nSPS) is 20.3. The van der Waals surface area contributed by atoms with Crippen LogP contribution in [0.4, 0.5) is 0 Å². The van der Waals surface area contributed by atoms with Crippen molar-refractivity contribution in [1.82, 2.24) is 4.90 Å². The number of methoxy groups -OCH3 is 1. The van der Waals surface area contributed by atoms with Crippen LogP contribution in [0.2, 0.25) is 0 Å². The van der Waals surface area contributed by atoms with Crippen LogP contribution >= 0.6 is 0 Å². The standard InChI is InChI=1S/C15H19NO3/c1-11-9-16(8-7-14(11)17)10-12-3-5-13(6-4-12)15(18)19-2/h3-6,11H,7-10H2,1-2H3. The number of likely N-dealkylation sites (tertiary alicyclic amines) is 1. The molecule has 1 aliphatic rings. The molecule has 0 spiro atoms. The molecule has 0 aromatic heterocycles. The Balaban J connectivity index is 1.96. The molecule has 1 unspecified atom stereocenters. The summed E-state index contributed by atoms with van der Waals surface area (Å²) in [5, 5.41) is 0. The molecule has 0 saturated carbocycles. The highest BCUT2D eigenvalue weighted by Gasteiger charge is 2.23. The minimum absolute atomic E-state index is 0.128. The summed E-state index contributed by atoms with van der Waals surface area (Å²) in [5.41, 5.74) is 1.71. The van der Waals surface area contributed by atoms with E-state index in [1.54, 1.807) is 12.1 Å². The molecular weight excluding hydrogens is 242 g/mol. The number of esters is 1. The van der Waals surface area contributed by atoms with Crippen molar-refractivity contribution in [1.29, 1.82) is 0 Å². The Kier molecular flexibility index (Phi) is 4.32. The lowest BCUT2D eigenvalue weighted by atomic mass is 9.98. The first-order valence-electron chi connectivity index (χ1n) is 6.52. The van der Waals surface area contributed by atoms with E-state index in [2.05, 4.69) is 9.64 Å². The zero-order valence-corrected chi connectivity index (χ0v) is 11.4. The fraction of sp³-hybridized carbons (Fsp3) is 0.467. The van der Waals surface area contributed by atoms with Crippen LogP contribution in [0.25, 0.3) is 0 Å². The van der Waals surface area contributed by atoms with Gasteiger partial charge in [-0.2, -0.15) is 0 Å². The van der Waals surface area contributed by atoms with Gasteiger partial charge in [0.15, 0.2) is 0 Å². The van der Waals surface area contributed by atoms with Crippen molar-refractivity contribution in [2.45, 2.75) is 19.9 Å². The number of carbonyl (C=O) groups excluding carboxylic acids is 2. The molecule has 1 aromatic carbocycles. The molecular formula is C15H19NO3. The smallest absolute Gasteiger partial charge is 0.337 e. The Morgan fingerprint density at radius 3 is 2.63 bits per heavy atom. The highest BCUT2D eigenvalue weighted by atomic mass is 16.5. The van der Waals surface area contributed by atoms with E-state index in [1.807, 2.05) is 19.1 Å². The van der Waals surface area contributed by atoms with Gasteiger partial charge < -0.3 is 4.74 Å². The summed E-state index contributed by atoms with van der Waals surface area (Å²) in [7, 11) is 1.38. The van der Waals surface area contributed by atoms with Crippen LogP contribution in [-0.4, -0.2) is 36.9 Å². The quantitative estimate of drug-likeness (QED) is 0.779. The van der Waals surface area contributed by atoms with Gasteiger partial charge in [-0.05, 0) is 17.7 Å². The second kappa shape index (κ2) is 5.97. The number of Topliss-reactive ketones (excluding diaryl/α,β-unsaturated/α-hetero) is 1.